The molecule has 2 heterocycles. The van der Waals surface area contributed by atoms with Gasteiger partial charge in [0.05, 0.1) is 19.2 Å². The fourth-order valence-electron chi connectivity index (χ4n) is 3.45. The van der Waals surface area contributed by atoms with Crippen LogP contribution in [0.1, 0.15) is 11.9 Å². The molecule has 2 fully saturated rings. The van der Waals surface area contributed by atoms with Crippen molar-refractivity contribution in [3.05, 3.63) is 81.0 Å². The molecule has 154 valence electrons. The number of benzene rings is 2. The van der Waals surface area contributed by atoms with E-state index in [1.54, 1.807) is 18.2 Å². The Bertz CT molecular complexity index is 998. The highest BCUT2D eigenvalue weighted by molar-refractivity contribution is 8.00. The van der Waals surface area contributed by atoms with Crippen LogP contribution in [0.4, 0.5) is 5.69 Å². The summed E-state index contributed by atoms with van der Waals surface area (Å²) in [5, 5.41) is 15.2. The number of aliphatic hydroxyl groups is 1. The third kappa shape index (κ3) is 4.26. The minimum absolute atomic E-state index is 0.205. The molecule has 4 rings (SSSR count). The van der Waals surface area contributed by atoms with Gasteiger partial charge < -0.3 is 19.3 Å². The average molecular weight is 445 g/mol. The topological polar surface area (TPSA) is 101 Å². The molecule has 2 aromatic rings. The second kappa shape index (κ2) is 9.25. The SMILES string of the molecule is [C-]#[N+]c1ccc(Cl)cc1S[C@H]1OC2COC(c3ccccc3)O[C@@H]2[C@H](N=[N+]=[N-])C1O. The zero-order valence-electron chi connectivity index (χ0n) is 15.5. The number of nitrogens with zero attached hydrogens (tertiary/aromatic N) is 4. The van der Waals surface area contributed by atoms with Gasteiger partial charge in [-0.15, -0.1) is 11.8 Å². The third-order valence-electron chi connectivity index (χ3n) is 4.88. The summed E-state index contributed by atoms with van der Waals surface area (Å²) in [7, 11) is 0. The molecular formula is C20H17ClN4O4S. The molecular weight excluding hydrogens is 428 g/mol. The van der Waals surface area contributed by atoms with Gasteiger partial charge in [-0.05, 0) is 11.6 Å². The lowest BCUT2D eigenvalue weighted by molar-refractivity contribution is -0.297. The minimum Gasteiger partial charge on any atom is -0.389 e. The predicted molar refractivity (Wildman–Crippen MR) is 111 cm³/mol. The Hall–Kier alpha value is -2.28. The number of hydrogen-bond acceptors (Lipinski definition) is 6. The average Bonchev–Trinajstić information content (AvgIpc) is 2.77. The summed E-state index contributed by atoms with van der Waals surface area (Å²) < 4.78 is 17.9. The third-order valence-corrected chi connectivity index (χ3v) is 6.31. The van der Waals surface area contributed by atoms with Gasteiger partial charge in [-0.1, -0.05) is 59.2 Å². The predicted octanol–water partition coefficient (Wildman–Crippen LogP) is 4.86. The number of fused-ring (bicyclic) bond motifs is 1. The zero-order valence-corrected chi connectivity index (χ0v) is 17.1. The Morgan fingerprint density at radius 3 is 2.73 bits per heavy atom. The maximum absolute atomic E-state index is 10.9. The number of azide groups is 1. The monoisotopic (exact) mass is 444 g/mol. The quantitative estimate of drug-likeness (QED) is 0.314. The van der Waals surface area contributed by atoms with Crippen LogP contribution >= 0.6 is 23.4 Å². The maximum Gasteiger partial charge on any atom is 0.200 e. The number of rotatable bonds is 4. The van der Waals surface area contributed by atoms with Crippen molar-refractivity contribution in [2.45, 2.75) is 41.0 Å². The normalized spacial score (nSPS) is 30.6. The van der Waals surface area contributed by atoms with Gasteiger partial charge >= 0.3 is 0 Å². The van der Waals surface area contributed by atoms with Crippen LogP contribution in [0.25, 0.3) is 15.3 Å². The Kier molecular flexibility index (Phi) is 6.46. The molecule has 1 N–H and O–H groups in total. The molecule has 3 unspecified atom stereocenters. The summed E-state index contributed by atoms with van der Waals surface area (Å²) in [6.07, 6.45) is -3.02. The van der Waals surface area contributed by atoms with E-state index in [9.17, 15) is 5.11 Å². The molecule has 2 saturated heterocycles. The highest BCUT2D eigenvalue weighted by atomic mass is 35.5. The number of halogens is 1. The Balaban J connectivity index is 1.57. The van der Waals surface area contributed by atoms with Crippen LogP contribution in [0.2, 0.25) is 5.02 Å². The van der Waals surface area contributed by atoms with Crippen LogP contribution in [-0.2, 0) is 14.2 Å². The summed E-state index contributed by atoms with van der Waals surface area (Å²) in [5.41, 5.74) is 9.48. The van der Waals surface area contributed by atoms with Gasteiger partial charge in [-0.3, -0.25) is 0 Å². The van der Waals surface area contributed by atoms with Crippen LogP contribution in [0, 0.1) is 6.57 Å². The van der Waals surface area contributed by atoms with E-state index in [2.05, 4.69) is 14.9 Å². The molecule has 0 aliphatic carbocycles. The summed E-state index contributed by atoms with van der Waals surface area (Å²) in [4.78, 5) is 6.95. The van der Waals surface area contributed by atoms with E-state index >= 15 is 0 Å². The lowest BCUT2D eigenvalue weighted by Crippen LogP contribution is -2.60. The van der Waals surface area contributed by atoms with Crippen molar-refractivity contribution in [3.8, 4) is 0 Å². The Morgan fingerprint density at radius 2 is 2.00 bits per heavy atom. The van der Waals surface area contributed by atoms with Gasteiger partial charge in [0.2, 0.25) is 5.69 Å². The maximum atomic E-state index is 10.9. The largest absolute Gasteiger partial charge is 0.389 e. The van der Waals surface area contributed by atoms with Crippen molar-refractivity contribution < 1.29 is 19.3 Å². The summed E-state index contributed by atoms with van der Waals surface area (Å²) >= 11 is 7.22. The fourth-order valence-corrected chi connectivity index (χ4v) is 4.86. The first-order valence-corrected chi connectivity index (χ1v) is 10.4. The van der Waals surface area contributed by atoms with Gasteiger partial charge in [0.1, 0.15) is 23.7 Å². The van der Waals surface area contributed by atoms with Crippen molar-refractivity contribution in [2.24, 2.45) is 5.11 Å². The van der Waals surface area contributed by atoms with Gasteiger partial charge in [0.15, 0.2) is 6.29 Å². The zero-order chi connectivity index (χ0) is 21.1. The molecule has 30 heavy (non-hydrogen) atoms. The molecule has 6 atom stereocenters. The molecule has 10 heteroatoms. The van der Waals surface area contributed by atoms with E-state index in [0.717, 1.165) is 17.3 Å². The number of thioether (sulfide) groups is 1. The second-order valence-corrected chi connectivity index (χ2v) is 8.32. The molecule has 0 saturated carbocycles. The van der Waals surface area contributed by atoms with Gasteiger partial charge in [0, 0.05) is 20.4 Å². The summed E-state index contributed by atoms with van der Waals surface area (Å²) in [6, 6.07) is 13.4. The van der Waals surface area contributed by atoms with Crippen LogP contribution in [-0.4, -0.2) is 41.5 Å². The van der Waals surface area contributed by atoms with Gasteiger partial charge in [0.25, 0.3) is 0 Å². The van der Waals surface area contributed by atoms with Gasteiger partial charge in [-0.25, -0.2) is 4.85 Å². The van der Waals surface area contributed by atoms with E-state index in [0.29, 0.717) is 15.6 Å². The van der Waals surface area contributed by atoms with Crippen LogP contribution in [0.15, 0.2) is 58.5 Å². The molecule has 2 aliphatic rings. The first-order valence-electron chi connectivity index (χ1n) is 9.14. The van der Waals surface area contributed by atoms with Gasteiger partial charge in [-0.2, -0.15) is 0 Å². The van der Waals surface area contributed by atoms with Crippen LogP contribution in [0.5, 0.6) is 0 Å². The van der Waals surface area contributed by atoms with Crippen molar-refractivity contribution in [1.29, 1.82) is 0 Å². The Labute approximate surface area is 182 Å². The molecule has 2 aliphatic heterocycles. The molecule has 0 spiro atoms. The number of aliphatic hydroxyl groups excluding tert-OH is 1. The Morgan fingerprint density at radius 1 is 1.20 bits per heavy atom. The lowest BCUT2D eigenvalue weighted by Gasteiger charge is -2.46. The minimum atomic E-state index is -1.15. The molecule has 0 radical (unpaired) electrons. The van der Waals surface area contributed by atoms with E-state index < -0.39 is 36.1 Å². The van der Waals surface area contributed by atoms with E-state index in [4.69, 9.17) is 37.9 Å². The number of ether oxygens (including phenoxy) is 3. The smallest absolute Gasteiger partial charge is 0.200 e. The fraction of sp³-hybridized carbons (Fsp3) is 0.350. The van der Waals surface area contributed by atoms with Crippen molar-refractivity contribution in [3.63, 3.8) is 0 Å². The number of hydrogen-bond donors (Lipinski definition) is 1. The standard InChI is InChI=1S/C20H17ClN4O4S/c1-23-13-8-7-12(21)9-15(13)30-20-17(26)16(24-25-22)18-14(28-20)10-27-19(29-18)11-5-3-2-4-6-11/h2-9,14,16-20,26H,10H2/t14?,16-,17?,18+,19?,20-/m1/s1. The van der Waals surface area contributed by atoms with E-state index in [1.807, 2.05) is 30.3 Å². The molecule has 0 amide bonds. The van der Waals surface area contributed by atoms with Crippen molar-refractivity contribution in [1.82, 2.24) is 0 Å². The second-order valence-electron chi connectivity index (χ2n) is 6.75. The molecule has 8 nitrogen and oxygen atoms in total. The highest BCUT2D eigenvalue weighted by Crippen LogP contribution is 2.42. The lowest BCUT2D eigenvalue weighted by atomic mass is 9.97. The molecule has 0 bridgehead atoms. The van der Waals surface area contributed by atoms with Crippen molar-refractivity contribution >= 4 is 29.1 Å². The molecule has 0 aromatic heterocycles. The van der Waals surface area contributed by atoms with Crippen molar-refractivity contribution in [2.75, 3.05) is 6.61 Å². The van der Waals surface area contributed by atoms with Crippen LogP contribution in [0.3, 0.4) is 0 Å². The van der Waals surface area contributed by atoms with E-state index in [-0.39, 0.29) is 6.61 Å². The highest BCUT2D eigenvalue weighted by Gasteiger charge is 2.49. The van der Waals surface area contributed by atoms with Crippen LogP contribution < -0.4 is 0 Å². The summed E-state index contributed by atoms with van der Waals surface area (Å²) in [6.45, 7) is 7.54. The van der Waals surface area contributed by atoms with E-state index in [1.165, 1.54) is 0 Å². The first-order chi connectivity index (χ1) is 14.6. The molecule has 2 aromatic carbocycles. The first kappa shape index (κ1) is 21.0. The summed E-state index contributed by atoms with van der Waals surface area (Å²) in [5.74, 6) is 0.